The fourth-order valence-corrected chi connectivity index (χ4v) is 5.70. The van der Waals surface area contributed by atoms with Gasteiger partial charge in [-0.1, -0.05) is 26.0 Å². The van der Waals surface area contributed by atoms with Crippen LogP contribution in [0.5, 0.6) is 5.75 Å². The summed E-state index contributed by atoms with van der Waals surface area (Å²) in [5, 5.41) is 24.4. The summed E-state index contributed by atoms with van der Waals surface area (Å²) in [5.74, 6) is 0.403. The van der Waals surface area contributed by atoms with Crippen LogP contribution < -0.4 is 5.32 Å². The Bertz CT molecular complexity index is 1240. The molecule has 1 heterocycles. The molecular weight excluding hydrogens is 450 g/mol. The van der Waals surface area contributed by atoms with Gasteiger partial charge in [-0.15, -0.1) is 0 Å². The zero-order valence-electron chi connectivity index (χ0n) is 21.3. The second kappa shape index (κ2) is 10.6. The molecule has 2 fully saturated rings. The van der Waals surface area contributed by atoms with Crippen LogP contribution in [0.3, 0.4) is 0 Å². The van der Waals surface area contributed by atoms with Gasteiger partial charge in [-0.2, -0.15) is 0 Å². The van der Waals surface area contributed by atoms with Crippen LogP contribution in [-0.4, -0.2) is 51.1 Å². The Balaban J connectivity index is 1.50. The molecule has 6 nitrogen and oxygen atoms in total. The van der Waals surface area contributed by atoms with E-state index in [1.807, 2.05) is 24.3 Å². The van der Waals surface area contributed by atoms with Crippen LogP contribution in [0.4, 0.5) is 5.69 Å². The molecule has 0 spiro atoms. The van der Waals surface area contributed by atoms with Crippen molar-refractivity contribution in [1.29, 1.82) is 0 Å². The summed E-state index contributed by atoms with van der Waals surface area (Å²) in [6.07, 6.45) is 8.18. The number of benzene rings is 2. The molecule has 3 aromatic rings. The molecule has 0 saturated heterocycles. The summed E-state index contributed by atoms with van der Waals surface area (Å²) in [7, 11) is 0. The minimum Gasteiger partial charge on any atom is -0.508 e. The van der Waals surface area contributed by atoms with Crippen LogP contribution in [-0.2, 0) is 6.61 Å². The van der Waals surface area contributed by atoms with Gasteiger partial charge in [-0.25, -0.2) is 0 Å². The Morgan fingerprint density at radius 2 is 1.69 bits per heavy atom. The zero-order valence-corrected chi connectivity index (χ0v) is 21.3. The highest BCUT2D eigenvalue weighted by Crippen LogP contribution is 2.39. The minimum atomic E-state index is -0.224. The van der Waals surface area contributed by atoms with E-state index >= 15 is 0 Å². The van der Waals surface area contributed by atoms with E-state index in [-0.39, 0.29) is 24.1 Å². The first-order valence-corrected chi connectivity index (χ1v) is 13.4. The molecule has 5 rings (SSSR count). The number of anilines is 1. The first-order valence-electron chi connectivity index (χ1n) is 13.4. The predicted octanol–water partition coefficient (Wildman–Crippen LogP) is 5.76. The molecular formula is C30H37N3O3. The molecule has 36 heavy (non-hydrogen) atoms. The van der Waals surface area contributed by atoms with E-state index in [1.165, 1.54) is 0 Å². The van der Waals surface area contributed by atoms with Gasteiger partial charge in [0.1, 0.15) is 5.75 Å². The first kappa shape index (κ1) is 24.7. The number of carbonyl (C=O) groups is 1. The summed E-state index contributed by atoms with van der Waals surface area (Å²) in [6.45, 7) is 6.43. The van der Waals surface area contributed by atoms with E-state index in [0.29, 0.717) is 23.2 Å². The standard InChI is InChI=1S/C30H37N3O3/c1-3-33(4-2)24-11-9-23(10-12-24)32-29-25-16-21(20-8-14-28(35)22(15-20)18-34)7-13-27(25)31-17-26(29)30(36)19-5-6-19/h7-8,13-17,19,23-24,34-35H,3-6,9-12,18H2,1-2H3,(H,31,32). The molecule has 6 heteroatoms. The third-order valence-electron chi connectivity index (χ3n) is 8.04. The summed E-state index contributed by atoms with van der Waals surface area (Å²) in [4.78, 5) is 20.5. The lowest BCUT2D eigenvalue weighted by molar-refractivity contribution is 0.0968. The van der Waals surface area contributed by atoms with Crippen molar-refractivity contribution in [1.82, 2.24) is 9.88 Å². The van der Waals surface area contributed by atoms with Crippen molar-refractivity contribution < 1.29 is 15.0 Å². The van der Waals surface area contributed by atoms with Crippen LogP contribution in [0, 0.1) is 5.92 Å². The smallest absolute Gasteiger partial charge is 0.169 e. The largest absolute Gasteiger partial charge is 0.508 e. The quantitative estimate of drug-likeness (QED) is 0.333. The summed E-state index contributed by atoms with van der Waals surface area (Å²) >= 11 is 0. The molecule has 0 atom stereocenters. The fourth-order valence-electron chi connectivity index (χ4n) is 5.70. The lowest BCUT2D eigenvalue weighted by atomic mass is 9.89. The minimum absolute atomic E-state index is 0.0868. The van der Waals surface area contributed by atoms with E-state index in [1.54, 1.807) is 12.3 Å². The number of nitrogens with zero attached hydrogens (tertiary/aromatic N) is 2. The van der Waals surface area contributed by atoms with E-state index in [4.69, 9.17) is 0 Å². The van der Waals surface area contributed by atoms with Crippen LogP contribution in [0.2, 0.25) is 0 Å². The number of fused-ring (bicyclic) bond motifs is 1. The average molecular weight is 488 g/mol. The van der Waals surface area contributed by atoms with Crippen LogP contribution in [0.1, 0.15) is 68.3 Å². The Labute approximate surface area is 213 Å². The number of hydrogen-bond donors (Lipinski definition) is 3. The van der Waals surface area contributed by atoms with Crippen molar-refractivity contribution in [3.05, 3.63) is 53.7 Å². The molecule has 2 aromatic carbocycles. The van der Waals surface area contributed by atoms with Gasteiger partial charge in [-0.05, 0) is 87.0 Å². The number of pyridine rings is 1. The molecule has 0 amide bonds. The SMILES string of the molecule is CCN(CC)C1CCC(Nc2c(C(=O)C3CC3)cnc3ccc(-c4ccc(O)c(CO)c4)cc23)CC1. The topological polar surface area (TPSA) is 85.7 Å². The normalized spacial score (nSPS) is 20.1. The summed E-state index contributed by atoms with van der Waals surface area (Å²) < 4.78 is 0. The maximum absolute atomic E-state index is 13.3. The second-order valence-corrected chi connectivity index (χ2v) is 10.3. The van der Waals surface area contributed by atoms with Crippen molar-refractivity contribution >= 4 is 22.4 Å². The number of aliphatic hydroxyl groups is 1. The molecule has 3 N–H and O–H groups in total. The highest BCUT2D eigenvalue weighted by Gasteiger charge is 2.33. The highest BCUT2D eigenvalue weighted by molar-refractivity contribution is 6.10. The molecule has 190 valence electrons. The predicted molar refractivity (Wildman–Crippen MR) is 144 cm³/mol. The van der Waals surface area contributed by atoms with Crippen molar-refractivity contribution in [2.24, 2.45) is 5.92 Å². The fraction of sp³-hybridized carbons (Fsp3) is 0.467. The van der Waals surface area contributed by atoms with Gasteiger partial charge in [0, 0.05) is 35.1 Å². The average Bonchev–Trinajstić information content (AvgIpc) is 3.76. The monoisotopic (exact) mass is 487 g/mol. The number of Topliss-reactive ketones (excluding diaryl/α,β-unsaturated/α-hetero) is 1. The van der Waals surface area contributed by atoms with Crippen molar-refractivity contribution in [3.63, 3.8) is 0 Å². The number of hydrogen-bond acceptors (Lipinski definition) is 6. The molecule has 0 radical (unpaired) electrons. The maximum atomic E-state index is 13.3. The Morgan fingerprint density at radius 1 is 1.00 bits per heavy atom. The number of aromatic nitrogens is 1. The number of rotatable bonds is 9. The molecule has 1 aromatic heterocycles. The third-order valence-corrected chi connectivity index (χ3v) is 8.04. The number of phenols is 1. The molecule has 2 aliphatic rings. The number of aliphatic hydroxyl groups excluding tert-OH is 1. The van der Waals surface area contributed by atoms with Crippen molar-refractivity contribution in [3.8, 4) is 16.9 Å². The Kier molecular flexibility index (Phi) is 7.26. The highest BCUT2D eigenvalue weighted by atomic mass is 16.3. The zero-order chi connectivity index (χ0) is 25.2. The lowest BCUT2D eigenvalue weighted by Gasteiger charge is -2.36. The van der Waals surface area contributed by atoms with Gasteiger partial charge in [0.2, 0.25) is 0 Å². The van der Waals surface area contributed by atoms with Gasteiger partial charge < -0.3 is 20.4 Å². The number of aromatic hydroxyl groups is 1. The van der Waals surface area contributed by atoms with Crippen molar-refractivity contribution in [2.45, 2.75) is 71.1 Å². The lowest BCUT2D eigenvalue weighted by Crippen LogP contribution is -2.40. The van der Waals surface area contributed by atoms with Gasteiger partial charge in [0.05, 0.1) is 23.4 Å². The van der Waals surface area contributed by atoms with Crippen LogP contribution >= 0.6 is 0 Å². The Morgan fingerprint density at radius 3 is 2.36 bits per heavy atom. The van der Waals surface area contributed by atoms with E-state index in [0.717, 1.165) is 79.3 Å². The number of nitrogens with one attached hydrogen (secondary N) is 1. The van der Waals surface area contributed by atoms with Gasteiger partial charge in [0.25, 0.3) is 0 Å². The van der Waals surface area contributed by atoms with Gasteiger partial charge in [-0.3, -0.25) is 9.78 Å². The molecule has 0 aliphatic heterocycles. The third kappa shape index (κ3) is 4.97. The van der Waals surface area contributed by atoms with E-state index in [9.17, 15) is 15.0 Å². The van der Waals surface area contributed by atoms with Gasteiger partial charge >= 0.3 is 0 Å². The van der Waals surface area contributed by atoms with Gasteiger partial charge in [0.15, 0.2) is 5.78 Å². The van der Waals surface area contributed by atoms with Crippen molar-refractivity contribution in [2.75, 3.05) is 18.4 Å². The Hall–Kier alpha value is -2.96. The van der Waals surface area contributed by atoms with Crippen LogP contribution in [0.25, 0.3) is 22.0 Å². The maximum Gasteiger partial charge on any atom is 0.169 e. The van der Waals surface area contributed by atoms with E-state index in [2.05, 4.69) is 35.1 Å². The first-order chi connectivity index (χ1) is 17.5. The molecule has 0 unspecified atom stereocenters. The molecule has 0 bridgehead atoms. The summed E-state index contributed by atoms with van der Waals surface area (Å²) in [5.41, 5.74) is 4.82. The van der Waals surface area contributed by atoms with Crippen LogP contribution in [0.15, 0.2) is 42.6 Å². The molecule has 2 saturated carbocycles. The number of ketones is 1. The number of carbonyl (C=O) groups excluding carboxylic acids is 1. The van der Waals surface area contributed by atoms with E-state index < -0.39 is 0 Å². The summed E-state index contributed by atoms with van der Waals surface area (Å²) in [6, 6.07) is 12.3. The molecule has 2 aliphatic carbocycles. The second-order valence-electron chi connectivity index (χ2n) is 10.3.